The van der Waals surface area contributed by atoms with Crippen LogP contribution in [0.15, 0.2) is 243 Å². The fourth-order valence-electron chi connectivity index (χ4n) is 9.83. The molecule has 4 nitrogen and oxygen atoms in total. The Labute approximate surface area is 427 Å². The molecule has 0 amide bonds. The van der Waals surface area contributed by atoms with Crippen molar-refractivity contribution in [2.75, 3.05) is 4.90 Å². The molecule has 0 bridgehead atoms. The van der Waals surface area contributed by atoms with Crippen molar-refractivity contribution in [3.63, 3.8) is 0 Å². The van der Waals surface area contributed by atoms with Crippen molar-refractivity contribution in [3.8, 4) is 22.5 Å². The first-order chi connectivity index (χ1) is 35.0. The van der Waals surface area contributed by atoms with Crippen molar-refractivity contribution in [1.82, 2.24) is 14.5 Å². The Kier molecular flexibility index (Phi) is 15.7. The summed E-state index contributed by atoms with van der Waals surface area (Å²) in [4.78, 5) is 12.5. The number of aromatic nitrogens is 3. The minimum Gasteiger partial charge on any atom is -0.314 e. The van der Waals surface area contributed by atoms with E-state index in [-0.39, 0.29) is 5.41 Å². The van der Waals surface area contributed by atoms with Gasteiger partial charge in [-0.05, 0) is 138 Å². The third-order valence-electron chi connectivity index (χ3n) is 13.5. The minimum absolute atomic E-state index is 0.204. The van der Waals surface area contributed by atoms with E-state index in [0.717, 1.165) is 68.2 Å². The molecule has 72 heavy (non-hydrogen) atoms. The number of rotatable bonds is 11. The molecule has 0 aliphatic carbocycles. The summed E-state index contributed by atoms with van der Waals surface area (Å²) in [7, 11) is 0. The van der Waals surface area contributed by atoms with Crippen molar-refractivity contribution in [3.05, 3.63) is 265 Å². The summed E-state index contributed by atoms with van der Waals surface area (Å²) < 4.78 is 2.24. The Morgan fingerprint density at radius 1 is 0.542 bits per heavy atom. The monoisotopic (exact) mass is 939 g/mol. The summed E-state index contributed by atoms with van der Waals surface area (Å²) in [6.07, 6.45) is 7.51. The predicted octanol–water partition coefficient (Wildman–Crippen LogP) is 19.1. The highest BCUT2D eigenvalue weighted by Gasteiger charge is 2.36. The Bertz CT molecular complexity index is 3510. The van der Waals surface area contributed by atoms with E-state index >= 15 is 0 Å². The summed E-state index contributed by atoms with van der Waals surface area (Å²) in [5.74, 6) is 0. The van der Waals surface area contributed by atoms with Crippen molar-refractivity contribution in [1.29, 1.82) is 0 Å². The second kappa shape index (κ2) is 22.6. The van der Waals surface area contributed by atoms with Crippen LogP contribution in [0.1, 0.15) is 70.2 Å². The fourth-order valence-corrected chi connectivity index (χ4v) is 9.83. The Morgan fingerprint density at radius 3 is 1.53 bits per heavy atom. The molecule has 10 rings (SSSR count). The normalized spacial score (nSPS) is 11.2. The second-order valence-corrected chi connectivity index (χ2v) is 18.5. The molecule has 4 heteroatoms. The first-order valence-electron chi connectivity index (χ1n) is 25.0. The average Bonchev–Trinajstić information content (AvgIpc) is 3.75. The van der Waals surface area contributed by atoms with E-state index < -0.39 is 0 Å². The molecule has 358 valence electrons. The zero-order chi connectivity index (χ0) is 50.8. The van der Waals surface area contributed by atoms with E-state index in [2.05, 4.69) is 248 Å². The fraction of sp³-hybridized carbons (Fsp3) is 0.147. The van der Waals surface area contributed by atoms with Gasteiger partial charge in [0.15, 0.2) is 0 Å². The van der Waals surface area contributed by atoms with Crippen LogP contribution in [0.2, 0.25) is 0 Å². The lowest BCUT2D eigenvalue weighted by Gasteiger charge is -2.37. The molecule has 10 aromatic rings. The number of benzene rings is 8. The highest BCUT2D eigenvalue weighted by atomic mass is 15.1. The molecule has 0 radical (unpaired) electrons. The van der Waals surface area contributed by atoms with Gasteiger partial charge in [-0.15, -0.1) is 6.58 Å². The SMILES string of the molecule is C/C=C/C(C(C)=C(C)C)(c1ccccc1C)c1ccccc1C.C=C(C)n1c2ccccc2c2cc(N(c3ccccc3)c3ccc(-c4nc5ccccc5nc4-c4ccccc4)cc3)ccc21.C=CCC. The topological polar surface area (TPSA) is 34.0 Å². The van der Waals surface area contributed by atoms with E-state index in [1.807, 2.05) is 48.5 Å². The third kappa shape index (κ3) is 10.1. The molecule has 0 aliphatic rings. The van der Waals surface area contributed by atoms with Crippen LogP contribution in [-0.4, -0.2) is 14.5 Å². The van der Waals surface area contributed by atoms with Crippen molar-refractivity contribution < 1.29 is 0 Å². The quantitative estimate of drug-likeness (QED) is 0.121. The van der Waals surface area contributed by atoms with Gasteiger partial charge in [0.1, 0.15) is 0 Å². The van der Waals surface area contributed by atoms with Crippen LogP contribution in [0.3, 0.4) is 0 Å². The van der Waals surface area contributed by atoms with Crippen LogP contribution >= 0.6 is 0 Å². The minimum atomic E-state index is -0.204. The smallest absolute Gasteiger partial charge is 0.0973 e. The number of allylic oxidation sites excluding steroid dienone is 6. The van der Waals surface area contributed by atoms with Gasteiger partial charge < -0.3 is 9.47 Å². The highest BCUT2D eigenvalue weighted by molar-refractivity contribution is 6.11. The largest absolute Gasteiger partial charge is 0.314 e. The zero-order valence-corrected chi connectivity index (χ0v) is 43.2. The van der Waals surface area contributed by atoms with Crippen LogP contribution in [0.5, 0.6) is 0 Å². The van der Waals surface area contributed by atoms with E-state index in [1.54, 1.807) is 0 Å². The number of hydrogen-bond acceptors (Lipinski definition) is 3. The Balaban J connectivity index is 0.000000216. The van der Waals surface area contributed by atoms with E-state index in [1.165, 1.54) is 49.7 Å². The van der Waals surface area contributed by atoms with Gasteiger partial charge in [-0.3, -0.25) is 0 Å². The van der Waals surface area contributed by atoms with E-state index in [9.17, 15) is 0 Å². The van der Waals surface area contributed by atoms with Crippen molar-refractivity contribution in [2.45, 2.75) is 67.2 Å². The van der Waals surface area contributed by atoms with E-state index in [4.69, 9.17) is 9.97 Å². The maximum Gasteiger partial charge on any atom is 0.0973 e. The third-order valence-corrected chi connectivity index (χ3v) is 13.5. The van der Waals surface area contributed by atoms with Crippen LogP contribution in [0.4, 0.5) is 17.1 Å². The summed E-state index contributed by atoms with van der Waals surface area (Å²) in [6, 6.07) is 70.3. The number of aryl methyl sites for hydroxylation is 2. The summed E-state index contributed by atoms with van der Waals surface area (Å²) in [5, 5.41) is 2.41. The lowest BCUT2D eigenvalue weighted by atomic mass is 9.66. The van der Waals surface area contributed by atoms with E-state index in [0.29, 0.717) is 0 Å². The van der Waals surface area contributed by atoms with Crippen LogP contribution in [0, 0.1) is 13.8 Å². The molecule has 0 N–H and O–H groups in total. The standard InChI is InChI=1S/C41H30N4.C23H28.C4H8/c1-28(2)44-38-20-12-9-17-34(38)35-27-33(25-26-39(35)44)45(31-15-7-4-8-16-31)32-23-21-30(22-24-32)41-40(29-13-5-3-6-14-29)42-36-18-10-11-19-37(36)43-41;1-7-16-23(20(6)17(2)3,21-14-10-8-12-18(21)4)22-15-11-9-13-19(22)5;1-3-4-2/h3-27H,1H2,2H3;7-16H,1-6H3;3H,1,4H2,2H3/b;16-7+;. The van der Waals surface area contributed by atoms with Crippen LogP contribution in [0.25, 0.3) is 61.1 Å². The molecular formula is C68H66N4. The first kappa shape index (κ1) is 50.1. The molecular weight excluding hydrogens is 873 g/mol. The van der Waals surface area contributed by atoms with Crippen LogP contribution < -0.4 is 4.90 Å². The maximum absolute atomic E-state index is 5.11. The molecule has 2 heterocycles. The van der Waals surface area contributed by atoms with Crippen molar-refractivity contribution >= 4 is 55.6 Å². The number of para-hydroxylation sites is 4. The summed E-state index contributed by atoms with van der Waals surface area (Å²) in [5.41, 5.74) is 20.1. The van der Waals surface area contributed by atoms with Crippen LogP contribution in [-0.2, 0) is 5.41 Å². The predicted molar refractivity (Wildman–Crippen MR) is 312 cm³/mol. The lowest BCUT2D eigenvalue weighted by molar-refractivity contribution is 0.730. The van der Waals surface area contributed by atoms with Gasteiger partial charge in [0.25, 0.3) is 0 Å². The van der Waals surface area contributed by atoms with Gasteiger partial charge >= 0.3 is 0 Å². The first-order valence-corrected chi connectivity index (χ1v) is 25.0. The second-order valence-electron chi connectivity index (χ2n) is 18.5. The number of fused-ring (bicyclic) bond motifs is 4. The lowest BCUT2D eigenvalue weighted by Crippen LogP contribution is -2.29. The Hall–Kier alpha value is -8.34. The van der Waals surface area contributed by atoms with Gasteiger partial charge in [-0.1, -0.05) is 182 Å². The molecule has 0 aliphatic heterocycles. The molecule has 0 atom stereocenters. The van der Waals surface area contributed by atoms with Gasteiger partial charge in [0, 0.05) is 44.7 Å². The number of nitrogens with zero attached hydrogens (tertiary/aromatic N) is 4. The number of hydrogen-bond donors (Lipinski definition) is 0. The highest BCUT2D eigenvalue weighted by Crippen LogP contribution is 2.45. The molecule has 0 fully saturated rings. The molecule has 0 saturated heterocycles. The van der Waals surface area contributed by atoms with Gasteiger partial charge in [-0.2, -0.15) is 0 Å². The summed E-state index contributed by atoms with van der Waals surface area (Å²) in [6.45, 7) is 25.1. The molecule has 8 aromatic carbocycles. The average molecular weight is 939 g/mol. The molecule has 0 unspecified atom stereocenters. The molecule has 0 spiro atoms. The zero-order valence-electron chi connectivity index (χ0n) is 43.2. The van der Waals surface area contributed by atoms with Crippen molar-refractivity contribution in [2.24, 2.45) is 0 Å². The van der Waals surface area contributed by atoms with Gasteiger partial charge in [0.05, 0.1) is 38.9 Å². The maximum atomic E-state index is 5.11. The van der Waals surface area contributed by atoms with Gasteiger partial charge in [-0.25, -0.2) is 9.97 Å². The molecule has 0 saturated carbocycles. The Morgan fingerprint density at radius 2 is 1.00 bits per heavy atom. The summed E-state index contributed by atoms with van der Waals surface area (Å²) >= 11 is 0. The number of anilines is 3. The molecule has 2 aromatic heterocycles. The van der Waals surface area contributed by atoms with Gasteiger partial charge in [0.2, 0.25) is 0 Å².